The summed E-state index contributed by atoms with van der Waals surface area (Å²) >= 11 is 0. The fourth-order valence-corrected chi connectivity index (χ4v) is 2.52. The molecule has 0 saturated heterocycles. The maximum atomic E-state index is 13.1. The molecule has 0 N–H and O–H groups in total. The van der Waals surface area contributed by atoms with Crippen molar-refractivity contribution >= 4 is 11.6 Å². The van der Waals surface area contributed by atoms with Crippen molar-refractivity contribution in [3.63, 3.8) is 0 Å². The van der Waals surface area contributed by atoms with Gasteiger partial charge in [0.15, 0.2) is 0 Å². The predicted molar refractivity (Wildman–Crippen MR) is 97.4 cm³/mol. The van der Waals surface area contributed by atoms with Gasteiger partial charge in [0.05, 0.1) is 32.3 Å². The molecule has 5 heteroatoms. The molecule has 0 aliphatic heterocycles. The van der Waals surface area contributed by atoms with Crippen LogP contribution in [0, 0.1) is 25.2 Å². The fourth-order valence-electron chi connectivity index (χ4n) is 2.52. The summed E-state index contributed by atoms with van der Waals surface area (Å²) in [5.74, 6) is 0.844. The van der Waals surface area contributed by atoms with E-state index in [1.54, 1.807) is 30.2 Å². The molecule has 2 aromatic rings. The van der Waals surface area contributed by atoms with Gasteiger partial charge in [-0.1, -0.05) is 6.07 Å². The number of carbonyl (C=O) groups is 1. The van der Waals surface area contributed by atoms with Gasteiger partial charge in [0.25, 0.3) is 5.91 Å². The molecule has 0 atom stereocenters. The minimum absolute atomic E-state index is 0.210. The van der Waals surface area contributed by atoms with Gasteiger partial charge < -0.3 is 14.4 Å². The second-order valence-corrected chi connectivity index (χ2v) is 5.70. The highest BCUT2D eigenvalue weighted by molar-refractivity contribution is 6.08. The zero-order valence-electron chi connectivity index (χ0n) is 15.0. The van der Waals surface area contributed by atoms with Crippen LogP contribution in [0.3, 0.4) is 0 Å². The van der Waals surface area contributed by atoms with Crippen LogP contribution in [0.4, 0.5) is 5.69 Å². The molecule has 130 valence electrons. The summed E-state index contributed by atoms with van der Waals surface area (Å²) in [7, 11) is 3.08. The quantitative estimate of drug-likeness (QED) is 0.802. The van der Waals surface area contributed by atoms with Crippen LogP contribution in [0.5, 0.6) is 11.5 Å². The third-order valence-corrected chi connectivity index (χ3v) is 4.13. The van der Waals surface area contributed by atoms with Gasteiger partial charge in [0.1, 0.15) is 11.5 Å². The summed E-state index contributed by atoms with van der Waals surface area (Å²) in [6, 6.07) is 13.0. The maximum Gasteiger partial charge on any atom is 0.262 e. The lowest BCUT2D eigenvalue weighted by Gasteiger charge is -2.24. The summed E-state index contributed by atoms with van der Waals surface area (Å²) in [5, 5.41) is 8.95. The number of ether oxygens (including phenoxy) is 2. The number of nitrogens with zero attached hydrogens (tertiary/aromatic N) is 2. The molecule has 2 aromatic carbocycles. The molecule has 0 spiro atoms. The second kappa shape index (κ2) is 8.20. The Morgan fingerprint density at radius 3 is 2.44 bits per heavy atom. The number of hydrogen-bond donors (Lipinski definition) is 0. The Labute approximate surface area is 148 Å². The van der Waals surface area contributed by atoms with E-state index in [2.05, 4.69) is 6.07 Å². The average molecular weight is 338 g/mol. The van der Waals surface area contributed by atoms with Crippen molar-refractivity contribution in [2.75, 3.05) is 25.7 Å². The van der Waals surface area contributed by atoms with E-state index in [0.29, 0.717) is 23.6 Å². The van der Waals surface area contributed by atoms with Gasteiger partial charge in [-0.2, -0.15) is 5.26 Å². The Morgan fingerprint density at radius 1 is 1.08 bits per heavy atom. The van der Waals surface area contributed by atoms with E-state index in [1.807, 2.05) is 32.0 Å². The molecule has 5 nitrogen and oxygen atoms in total. The number of nitriles is 1. The predicted octanol–water partition coefficient (Wildman–Crippen LogP) is 3.88. The zero-order chi connectivity index (χ0) is 18.4. The highest BCUT2D eigenvalue weighted by atomic mass is 16.5. The Kier molecular flexibility index (Phi) is 6.02. The van der Waals surface area contributed by atoms with Crippen molar-refractivity contribution in [1.29, 1.82) is 5.26 Å². The summed E-state index contributed by atoms with van der Waals surface area (Å²) in [6.07, 6.45) is 0.247. The van der Waals surface area contributed by atoms with Crippen LogP contribution >= 0.6 is 0 Å². The minimum atomic E-state index is -0.210. The second-order valence-electron chi connectivity index (χ2n) is 5.70. The number of hydrogen-bond acceptors (Lipinski definition) is 4. The summed E-state index contributed by atoms with van der Waals surface area (Å²) in [5.41, 5.74) is 3.44. The number of aryl methyl sites for hydroxylation is 2. The molecule has 0 aliphatic rings. The first-order valence-corrected chi connectivity index (χ1v) is 8.00. The van der Waals surface area contributed by atoms with E-state index >= 15 is 0 Å². The normalized spacial score (nSPS) is 10.0. The molecule has 0 saturated carbocycles. The summed E-state index contributed by atoms with van der Waals surface area (Å²) < 4.78 is 10.5. The van der Waals surface area contributed by atoms with Crippen LogP contribution in [-0.4, -0.2) is 26.7 Å². The molecule has 0 unspecified atom stereocenters. The van der Waals surface area contributed by atoms with Gasteiger partial charge in [-0.05, 0) is 49.2 Å². The van der Waals surface area contributed by atoms with Crippen LogP contribution in [-0.2, 0) is 0 Å². The van der Waals surface area contributed by atoms with Gasteiger partial charge in [-0.3, -0.25) is 4.79 Å². The molecule has 0 bridgehead atoms. The van der Waals surface area contributed by atoms with Gasteiger partial charge in [-0.15, -0.1) is 0 Å². The van der Waals surface area contributed by atoms with E-state index in [-0.39, 0.29) is 12.3 Å². The van der Waals surface area contributed by atoms with Crippen molar-refractivity contribution < 1.29 is 14.3 Å². The van der Waals surface area contributed by atoms with Crippen molar-refractivity contribution in [2.45, 2.75) is 20.3 Å². The van der Waals surface area contributed by atoms with Crippen LogP contribution in [0.2, 0.25) is 0 Å². The Bertz CT molecular complexity index is 809. The van der Waals surface area contributed by atoms with E-state index in [0.717, 1.165) is 16.8 Å². The number of carbonyl (C=O) groups excluding carboxylic acids is 1. The average Bonchev–Trinajstić information content (AvgIpc) is 2.63. The van der Waals surface area contributed by atoms with Crippen molar-refractivity contribution in [3.05, 3.63) is 53.1 Å². The maximum absolute atomic E-state index is 13.1. The molecule has 0 heterocycles. The van der Waals surface area contributed by atoms with E-state index < -0.39 is 0 Å². The first-order valence-electron chi connectivity index (χ1n) is 8.00. The summed E-state index contributed by atoms with van der Waals surface area (Å²) in [4.78, 5) is 14.7. The number of amides is 1. The molecular weight excluding hydrogens is 316 g/mol. The summed E-state index contributed by atoms with van der Waals surface area (Å²) in [6.45, 7) is 4.33. The molecule has 1 amide bonds. The standard InChI is InChI=1S/C20H22N2O3/c1-14-6-7-16(12-15(14)2)22(11-5-10-21)20(23)18-9-8-17(24-3)13-19(18)25-4/h6-9,12-13H,5,11H2,1-4H3. The van der Waals surface area contributed by atoms with Crippen molar-refractivity contribution in [2.24, 2.45) is 0 Å². The van der Waals surface area contributed by atoms with Gasteiger partial charge >= 0.3 is 0 Å². The topological polar surface area (TPSA) is 62.6 Å². The van der Waals surface area contributed by atoms with Crippen LogP contribution in [0.1, 0.15) is 27.9 Å². The molecule has 0 radical (unpaired) electrons. The largest absolute Gasteiger partial charge is 0.497 e. The van der Waals surface area contributed by atoms with Crippen molar-refractivity contribution in [3.8, 4) is 17.6 Å². The molecule has 0 aliphatic carbocycles. The first-order chi connectivity index (χ1) is 12.0. The number of benzene rings is 2. The molecule has 25 heavy (non-hydrogen) atoms. The van der Waals surface area contributed by atoms with E-state index in [4.69, 9.17) is 14.7 Å². The highest BCUT2D eigenvalue weighted by Crippen LogP contribution is 2.28. The Morgan fingerprint density at radius 2 is 1.84 bits per heavy atom. The first kappa shape index (κ1) is 18.3. The number of methoxy groups -OCH3 is 2. The van der Waals surface area contributed by atoms with Crippen LogP contribution < -0.4 is 14.4 Å². The Balaban J connectivity index is 2.45. The lowest BCUT2D eigenvalue weighted by molar-refractivity contribution is 0.0984. The van der Waals surface area contributed by atoms with Crippen LogP contribution in [0.25, 0.3) is 0 Å². The lowest BCUT2D eigenvalue weighted by atomic mass is 10.1. The molecular formula is C20H22N2O3. The van der Waals surface area contributed by atoms with Gasteiger partial charge in [0.2, 0.25) is 0 Å². The number of anilines is 1. The third kappa shape index (κ3) is 4.10. The van der Waals surface area contributed by atoms with Gasteiger partial charge in [-0.25, -0.2) is 0 Å². The van der Waals surface area contributed by atoms with Gasteiger partial charge in [0, 0.05) is 18.3 Å². The number of rotatable bonds is 6. The zero-order valence-corrected chi connectivity index (χ0v) is 15.0. The van der Waals surface area contributed by atoms with E-state index in [9.17, 15) is 4.79 Å². The van der Waals surface area contributed by atoms with E-state index in [1.165, 1.54) is 7.11 Å². The lowest BCUT2D eigenvalue weighted by Crippen LogP contribution is -2.32. The Hall–Kier alpha value is -3.00. The molecule has 0 fully saturated rings. The molecule has 2 rings (SSSR count). The minimum Gasteiger partial charge on any atom is -0.497 e. The fraction of sp³-hybridized carbons (Fsp3) is 0.300. The smallest absolute Gasteiger partial charge is 0.262 e. The molecule has 0 aromatic heterocycles. The third-order valence-electron chi connectivity index (χ3n) is 4.13. The highest BCUT2D eigenvalue weighted by Gasteiger charge is 2.22. The van der Waals surface area contributed by atoms with Crippen LogP contribution in [0.15, 0.2) is 36.4 Å². The monoisotopic (exact) mass is 338 g/mol. The SMILES string of the molecule is COc1ccc(C(=O)N(CCC#N)c2ccc(C)c(C)c2)c(OC)c1. The van der Waals surface area contributed by atoms with Crippen molar-refractivity contribution in [1.82, 2.24) is 0 Å².